The Bertz CT molecular complexity index is 578. The van der Waals surface area contributed by atoms with Crippen molar-refractivity contribution >= 4 is 11.6 Å². The number of hydrogen-bond acceptors (Lipinski definition) is 2. The van der Waals surface area contributed by atoms with Crippen molar-refractivity contribution in [2.24, 2.45) is 0 Å². The number of nitrogens with two attached hydrogens (primary N) is 1. The highest BCUT2D eigenvalue weighted by atomic mass is 16.2. The Morgan fingerprint density at radius 2 is 1.71 bits per heavy atom. The van der Waals surface area contributed by atoms with Crippen molar-refractivity contribution in [2.45, 2.75) is 25.8 Å². The number of hydrogen-bond donors (Lipinski definition) is 1. The van der Waals surface area contributed by atoms with Crippen LogP contribution in [0.1, 0.15) is 30.4 Å². The zero-order chi connectivity index (χ0) is 15.2. The third kappa shape index (κ3) is 3.85. The minimum absolute atomic E-state index is 0.0787. The molecule has 0 aliphatic carbocycles. The van der Waals surface area contributed by atoms with Gasteiger partial charge >= 0.3 is 0 Å². The minimum atomic E-state index is -0.0787. The molecule has 2 aromatic carbocycles. The molecule has 1 unspecified atom stereocenters. The number of benzene rings is 2. The van der Waals surface area contributed by atoms with Crippen molar-refractivity contribution in [2.75, 3.05) is 12.8 Å². The Kier molecular flexibility index (Phi) is 4.99. The summed E-state index contributed by atoms with van der Waals surface area (Å²) >= 11 is 0. The van der Waals surface area contributed by atoms with Crippen LogP contribution >= 0.6 is 0 Å². The van der Waals surface area contributed by atoms with Gasteiger partial charge in [0.05, 0.1) is 5.92 Å². The molecule has 3 nitrogen and oxygen atoms in total. The summed E-state index contributed by atoms with van der Waals surface area (Å²) in [5.74, 6) is 0.0745. The molecule has 0 saturated heterocycles. The first-order chi connectivity index (χ1) is 10.1. The number of amides is 1. The summed E-state index contributed by atoms with van der Waals surface area (Å²) in [6, 6.07) is 17.6. The van der Waals surface area contributed by atoms with Crippen molar-refractivity contribution < 1.29 is 4.79 Å². The summed E-state index contributed by atoms with van der Waals surface area (Å²) in [5.41, 5.74) is 8.59. The maximum absolute atomic E-state index is 12.6. The van der Waals surface area contributed by atoms with Gasteiger partial charge in [-0.1, -0.05) is 49.4 Å². The van der Waals surface area contributed by atoms with Crippen LogP contribution in [0.15, 0.2) is 54.6 Å². The van der Waals surface area contributed by atoms with Crippen molar-refractivity contribution in [3.8, 4) is 0 Å². The normalized spacial score (nSPS) is 11.9. The lowest BCUT2D eigenvalue weighted by molar-refractivity contribution is -0.132. The van der Waals surface area contributed by atoms with E-state index in [1.165, 1.54) is 0 Å². The van der Waals surface area contributed by atoms with Gasteiger partial charge in [-0.3, -0.25) is 4.79 Å². The van der Waals surface area contributed by atoms with Gasteiger partial charge in [0.25, 0.3) is 0 Å². The first-order valence-corrected chi connectivity index (χ1v) is 7.26. The topological polar surface area (TPSA) is 46.3 Å². The predicted molar refractivity (Wildman–Crippen MR) is 86.8 cm³/mol. The van der Waals surface area contributed by atoms with Crippen LogP contribution < -0.4 is 5.73 Å². The standard InChI is InChI=1S/C18H22N2O/c1-3-17(15-7-5-4-6-8-15)18(21)20(2)13-14-9-11-16(19)12-10-14/h4-12,17H,3,13,19H2,1-2H3. The van der Waals surface area contributed by atoms with E-state index in [2.05, 4.69) is 0 Å². The van der Waals surface area contributed by atoms with Crippen molar-refractivity contribution in [1.82, 2.24) is 4.90 Å². The van der Waals surface area contributed by atoms with Gasteiger partial charge in [-0.15, -0.1) is 0 Å². The van der Waals surface area contributed by atoms with Crippen molar-refractivity contribution in [3.05, 3.63) is 65.7 Å². The average molecular weight is 282 g/mol. The quantitative estimate of drug-likeness (QED) is 0.854. The average Bonchev–Trinajstić information content (AvgIpc) is 2.51. The number of nitrogens with zero attached hydrogens (tertiary/aromatic N) is 1. The van der Waals surface area contributed by atoms with E-state index in [1.54, 1.807) is 4.90 Å². The molecule has 2 aromatic rings. The molecule has 0 aromatic heterocycles. The molecule has 0 saturated carbocycles. The Morgan fingerprint density at radius 1 is 1.10 bits per heavy atom. The molecule has 0 heterocycles. The van der Waals surface area contributed by atoms with E-state index >= 15 is 0 Å². The van der Waals surface area contributed by atoms with Crippen LogP contribution in [-0.4, -0.2) is 17.9 Å². The van der Waals surface area contributed by atoms with Crippen LogP contribution in [0.3, 0.4) is 0 Å². The van der Waals surface area contributed by atoms with Gasteiger partial charge < -0.3 is 10.6 Å². The predicted octanol–water partition coefficient (Wildman–Crippen LogP) is 3.42. The zero-order valence-electron chi connectivity index (χ0n) is 12.6. The van der Waals surface area contributed by atoms with Crippen LogP contribution in [0.5, 0.6) is 0 Å². The Hall–Kier alpha value is -2.29. The lowest BCUT2D eigenvalue weighted by Gasteiger charge is -2.23. The monoisotopic (exact) mass is 282 g/mol. The molecule has 0 radical (unpaired) electrons. The molecule has 3 heteroatoms. The minimum Gasteiger partial charge on any atom is -0.399 e. The summed E-state index contributed by atoms with van der Waals surface area (Å²) < 4.78 is 0. The van der Waals surface area contributed by atoms with Crippen LogP contribution in [0, 0.1) is 0 Å². The smallest absolute Gasteiger partial charge is 0.230 e. The molecular weight excluding hydrogens is 260 g/mol. The van der Waals surface area contributed by atoms with Gasteiger partial charge in [0.2, 0.25) is 5.91 Å². The van der Waals surface area contributed by atoms with Crippen molar-refractivity contribution in [1.29, 1.82) is 0 Å². The summed E-state index contributed by atoms with van der Waals surface area (Å²) in [6.07, 6.45) is 0.801. The molecule has 2 rings (SSSR count). The number of carbonyl (C=O) groups is 1. The number of nitrogen functional groups attached to an aromatic ring is 1. The summed E-state index contributed by atoms with van der Waals surface area (Å²) in [4.78, 5) is 14.4. The largest absolute Gasteiger partial charge is 0.399 e. The molecule has 2 N–H and O–H groups in total. The van der Waals surface area contributed by atoms with E-state index in [4.69, 9.17) is 5.73 Å². The van der Waals surface area contributed by atoms with Crippen molar-refractivity contribution in [3.63, 3.8) is 0 Å². The second-order valence-corrected chi connectivity index (χ2v) is 5.31. The zero-order valence-corrected chi connectivity index (χ0v) is 12.6. The van der Waals surface area contributed by atoms with Gasteiger partial charge in [-0.25, -0.2) is 0 Å². The van der Waals surface area contributed by atoms with E-state index in [9.17, 15) is 4.79 Å². The first kappa shape index (κ1) is 15.1. The molecule has 0 spiro atoms. The van der Waals surface area contributed by atoms with Crippen LogP contribution in [0.4, 0.5) is 5.69 Å². The Labute approximate surface area is 126 Å². The summed E-state index contributed by atoms with van der Waals surface area (Å²) in [6.45, 7) is 2.65. The van der Waals surface area contributed by atoms with Gasteiger partial charge in [0, 0.05) is 19.3 Å². The highest BCUT2D eigenvalue weighted by Gasteiger charge is 2.21. The molecule has 21 heavy (non-hydrogen) atoms. The maximum atomic E-state index is 12.6. The second-order valence-electron chi connectivity index (χ2n) is 5.31. The van der Waals surface area contributed by atoms with Gasteiger partial charge in [0.15, 0.2) is 0 Å². The van der Waals surface area contributed by atoms with Crippen LogP contribution in [0.25, 0.3) is 0 Å². The Balaban J connectivity index is 2.08. The fraction of sp³-hybridized carbons (Fsp3) is 0.278. The lowest BCUT2D eigenvalue weighted by Crippen LogP contribution is -2.31. The molecule has 0 aliphatic heterocycles. The third-order valence-electron chi connectivity index (χ3n) is 3.68. The number of carbonyl (C=O) groups excluding carboxylic acids is 1. The molecule has 0 fully saturated rings. The highest BCUT2D eigenvalue weighted by molar-refractivity contribution is 5.83. The first-order valence-electron chi connectivity index (χ1n) is 7.26. The number of rotatable bonds is 5. The van der Waals surface area contributed by atoms with Crippen LogP contribution in [-0.2, 0) is 11.3 Å². The fourth-order valence-corrected chi connectivity index (χ4v) is 2.48. The SMILES string of the molecule is CCC(C(=O)N(C)Cc1ccc(N)cc1)c1ccccc1. The summed E-state index contributed by atoms with van der Waals surface area (Å²) in [5, 5.41) is 0. The molecule has 0 aliphatic rings. The molecule has 1 atom stereocenters. The van der Waals surface area contributed by atoms with Gasteiger partial charge in [0.1, 0.15) is 0 Å². The summed E-state index contributed by atoms with van der Waals surface area (Å²) in [7, 11) is 1.85. The highest BCUT2D eigenvalue weighted by Crippen LogP contribution is 2.22. The second kappa shape index (κ2) is 6.93. The molecule has 110 valence electrons. The van der Waals surface area contributed by atoms with E-state index < -0.39 is 0 Å². The van der Waals surface area contributed by atoms with E-state index in [0.29, 0.717) is 6.54 Å². The third-order valence-corrected chi connectivity index (χ3v) is 3.68. The molecular formula is C18H22N2O. The fourth-order valence-electron chi connectivity index (χ4n) is 2.48. The number of likely N-dealkylation sites (N-methyl/N-ethyl adjacent to an activating group) is 1. The number of anilines is 1. The van der Waals surface area contributed by atoms with E-state index in [1.807, 2.05) is 68.6 Å². The van der Waals surface area contributed by atoms with E-state index in [0.717, 1.165) is 23.2 Å². The van der Waals surface area contributed by atoms with Crippen LogP contribution in [0.2, 0.25) is 0 Å². The van der Waals surface area contributed by atoms with E-state index in [-0.39, 0.29) is 11.8 Å². The lowest BCUT2D eigenvalue weighted by atomic mass is 9.95. The van der Waals surface area contributed by atoms with Gasteiger partial charge in [-0.05, 0) is 29.7 Å². The van der Waals surface area contributed by atoms with Gasteiger partial charge in [-0.2, -0.15) is 0 Å². The maximum Gasteiger partial charge on any atom is 0.230 e. The molecule has 1 amide bonds. The molecule has 0 bridgehead atoms. The Morgan fingerprint density at radius 3 is 2.29 bits per heavy atom.